The average Bonchev–Trinajstić information content (AvgIpc) is 3.10. The number of benzene rings is 2. The maximum absolute atomic E-state index is 12.8. The van der Waals surface area contributed by atoms with Crippen molar-refractivity contribution in [1.29, 1.82) is 0 Å². The van der Waals surface area contributed by atoms with Crippen molar-refractivity contribution in [3.05, 3.63) is 71.8 Å². The minimum absolute atomic E-state index is 0. The third kappa shape index (κ3) is 4.83. The molecule has 0 radical (unpaired) electrons. The molecular formula is C21H27ClN2O. The summed E-state index contributed by atoms with van der Waals surface area (Å²) in [4.78, 5) is 12.8. The van der Waals surface area contributed by atoms with Gasteiger partial charge in [0.05, 0.1) is 5.54 Å². The molecule has 4 heteroatoms. The van der Waals surface area contributed by atoms with Gasteiger partial charge in [0.2, 0.25) is 5.91 Å². The molecule has 0 atom stereocenters. The van der Waals surface area contributed by atoms with Gasteiger partial charge in [-0.15, -0.1) is 12.4 Å². The van der Waals surface area contributed by atoms with Gasteiger partial charge < -0.3 is 11.1 Å². The van der Waals surface area contributed by atoms with E-state index in [1.54, 1.807) is 0 Å². The molecule has 1 amide bonds. The number of halogens is 1. The molecule has 3 rings (SSSR count). The number of nitrogens with one attached hydrogen (secondary N) is 1. The van der Waals surface area contributed by atoms with Gasteiger partial charge >= 0.3 is 0 Å². The fraction of sp³-hybridized carbons (Fsp3) is 0.381. The smallest absolute Gasteiger partial charge is 0.221 e. The van der Waals surface area contributed by atoms with Crippen molar-refractivity contribution >= 4 is 18.3 Å². The summed E-state index contributed by atoms with van der Waals surface area (Å²) in [7, 11) is 0. The van der Waals surface area contributed by atoms with E-state index in [9.17, 15) is 4.79 Å². The van der Waals surface area contributed by atoms with Crippen LogP contribution in [0.3, 0.4) is 0 Å². The van der Waals surface area contributed by atoms with Crippen LogP contribution in [0.2, 0.25) is 0 Å². The van der Waals surface area contributed by atoms with E-state index in [0.717, 1.165) is 25.7 Å². The third-order valence-corrected chi connectivity index (χ3v) is 5.15. The van der Waals surface area contributed by atoms with Crippen LogP contribution in [0.1, 0.15) is 49.1 Å². The number of hydrogen-bond donors (Lipinski definition) is 2. The minimum Gasteiger partial charge on any atom is -0.349 e. The molecule has 3 N–H and O–H groups in total. The minimum atomic E-state index is -0.186. The lowest BCUT2D eigenvalue weighted by molar-refractivity contribution is -0.123. The second-order valence-electron chi connectivity index (χ2n) is 6.82. The summed E-state index contributed by atoms with van der Waals surface area (Å²) in [5, 5.41) is 3.25. The first-order chi connectivity index (χ1) is 11.7. The average molecular weight is 359 g/mol. The Labute approximate surface area is 156 Å². The molecule has 1 fully saturated rings. The van der Waals surface area contributed by atoms with Gasteiger partial charge in [0.15, 0.2) is 0 Å². The molecule has 25 heavy (non-hydrogen) atoms. The van der Waals surface area contributed by atoms with Crippen molar-refractivity contribution in [2.24, 2.45) is 5.73 Å². The fourth-order valence-electron chi connectivity index (χ4n) is 3.76. The van der Waals surface area contributed by atoms with Gasteiger partial charge in [-0.2, -0.15) is 0 Å². The fourth-order valence-corrected chi connectivity index (χ4v) is 3.76. The molecule has 2 aromatic rings. The summed E-state index contributed by atoms with van der Waals surface area (Å²) in [5.74, 6) is 0.170. The van der Waals surface area contributed by atoms with Crippen LogP contribution in [0, 0.1) is 0 Å². The van der Waals surface area contributed by atoms with E-state index in [2.05, 4.69) is 29.6 Å². The Morgan fingerprint density at radius 3 is 1.88 bits per heavy atom. The van der Waals surface area contributed by atoms with Crippen molar-refractivity contribution in [3.8, 4) is 0 Å². The zero-order valence-electron chi connectivity index (χ0n) is 14.5. The molecule has 134 valence electrons. The molecule has 0 aromatic heterocycles. The SMILES string of the molecule is Cl.NCC1(NC(=O)CC(c2ccccc2)c2ccccc2)CCCC1. The van der Waals surface area contributed by atoms with Crippen molar-refractivity contribution in [2.45, 2.75) is 43.6 Å². The van der Waals surface area contributed by atoms with Crippen LogP contribution in [0.15, 0.2) is 60.7 Å². The number of nitrogens with two attached hydrogens (primary N) is 1. The van der Waals surface area contributed by atoms with E-state index < -0.39 is 0 Å². The highest BCUT2D eigenvalue weighted by molar-refractivity contribution is 5.85. The van der Waals surface area contributed by atoms with E-state index in [0.29, 0.717) is 13.0 Å². The number of hydrogen-bond acceptors (Lipinski definition) is 2. The van der Waals surface area contributed by atoms with Crippen LogP contribution >= 0.6 is 12.4 Å². The van der Waals surface area contributed by atoms with Crippen molar-refractivity contribution in [2.75, 3.05) is 6.54 Å². The monoisotopic (exact) mass is 358 g/mol. The molecule has 1 aliphatic carbocycles. The topological polar surface area (TPSA) is 55.1 Å². The van der Waals surface area contributed by atoms with Gasteiger partial charge in [0, 0.05) is 18.9 Å². The molecule has 0 spiro atoms. The second-order valence-corrected chi connectivity index (χ2v) is 6.82. The van der Waals surface area contributed by atoms with Crippen LogP contribution in [0.5, 0.6) is 0 Å². The maximum Gasteiger partial charge on any atom is 0.221 e. The quantitative estimate of drug-likeness (QED) is 0.819. The van der Waals surface area contributed by atoms with Crippen molar-refractivity contribution in [1.82, 2.24) is 5.32 Å². The van der Waals surface area contributed by atoms with E-state index in [1.807, 2.05) is 36.4 Å². The Bertz CT molecular complexity index is 615. The van der Waals surface area contributed by atoms with E-state index >= 15 is 0 Å². The Morgan fingerprint density at radius 1 is 0.960 bits per heavy atom. The van der Waals surface area contributed by atoms with Gasteiger partial charge in [0.1, 0.15) is 0 Å². The molecule has 2 aromatic carbocycles. The van der Waals surface area contributed by atoms with Crippen molar-refractivity contribution in [3.63, 3.8) is 0 Å². The molecule has 0 saturated heterocycles. The first kappa shape index (κ1) is 19.5. The van der Waals surface area contributed by atoms with Gasteiger partial charge in [-0.25, -0.2) is 0 Å². The zero-order valence-corrected chi connectivity index (χ0v) is 15.3. The van der Waals surface area contributed by atoms with E-state index in [-0.39, 0.29) is 29.8 Å². The van der Waals surface area contributed by atoms with Crippen LogP contribution in [-0.4, -0.2) is 18.0 Å². The predicted octanol–water partition coefficient (Wildman–Crippen LogP) is 4.02. The molecule has 0 unspecified atom stereocenters. The molecule has 1 saturated carbocycles. The van der Waals surface area contributed by atoms with Gasteiger partial charge in [-0.3, -0.25) is 4.79 Å². The van der Waals surface area contributed by atoms with Crippen molar-refractivity contribution < 1.29 is 4.79 Å². The molecular weight excluding hydrogens is 332 g/mol. The van der Waals surface area contributed by atoms with Crippen LogP contribution in [-0.2, 0) is 4.79 Å². The molecule has 0 aliphatic heterocycles. The van der Waals surface area contributed by atoms with Gasteiger partial charge in [-0.1, -0.05) is 73.5 Å². The van der Waals surface area contributed by atoms with Crippen LogP contribution in [0.4, 0.5) is 0 Å². The normalized spacial score (nSPS) is 15.6. The highest BCUT2D eigenvalue weighted by atomic mass is 35.5. The summed E-state index contributed by atoms with van der Waals surface area (Å²) in [6.45, 7) is 0.528. The van der Waals surface area contributed by atoms with Gasteiger partial charge in [-0.05, 0) is 24.0 Å². The Morgan fingerprint density at radius 2 is 1.44 bits per heavy atom. The zero-order chi connectivity index (χ0) is 16.8. The Hall–Kier alpha value is -1.84. The molecule has 1 aliphatic rings. The van der Waals surface area contributed by atoms with Crippen LogP contribution < -0.4 is 11.1 Å². The van der Waals surface area contributed by atoms with Crippen LogP contribution in [0.25, 0.3) is 0 Å². The number of carbonyl (C=O) groups excluding carboxylic acids is 1. The van der Waals surface area contributed by atoms with E-state index in [4.69, 9.17) is 5.73 Å². The molecule has 3 nitrogen and oxygen atoms in total. The number of amides is 1. The third-order valence-electron chi connectivity index (χ3n) is 5.15. The predicted molar refractivity (Wildman–Crippen MR) is 105 cm³/mol. The summed E-state index contributed by atoms with van der Waals surface area (Å²) >= 11 is 0. The maximum atomic E-state index is 12.8. The second kappa shape index (κ2) is 9.02. The highest BCUT2D eigenvalue weighted by Gasteiger charge is 2.34. The number of rotatable bonds is 6. The summed E-state index contributed by atoms with van der Waals surface area (Å²) in [6, 6.07) is 20.5. The summed E-state index contributed by atoms with van der Waals surface area (Å²) in [6.07, 6.45) is 4.75. The van der Waals surface area contributed by atoms with E-state index in [1.165, 1.54) is 11.1 Å². The summed E-state index contributed by atoms with van der Waals surface area (Å²) in [5.41, 5.74) is 8.12. The Balaban J connectivity index is 0.00000225. The van der Waals surface area contributed by atoms with Gasteiger partial charge in [0.25, 0.3) is 0 Å². The number of carbonyl (C=O) groups is 1. The molecule has 0 bridgehead atoms. The standard InChI is InChI=1S/C21H26N2O.ClH/c22-16-21(13-7-8-14-21)23-20(24)15-19(17-9-3-1-4-10-17)18-11-5-2-6-12-18;/h1-6,9-12,19H,7-8,13-16,22H2,(H,23,24);1H. The first-order valence-corrected chi connectivity index (χ1v) is 8.83. The largest absolute Gasteiger partial charge is 0.349 e. The highest BCUT2D eigenvalue weighted by Crippen LogP contribution is 2.31. The lowest BCUT2D eigenvalue weighted by Crippen LogP contribution is -2.51. The Kier molecular flexibility index (Phi) is 7.03. The molecule has 0 heterocycles. The lowest BCUT2D eigenvalue weighted by Gasteiger charge is -2.30. The lowest BCUT2D eigenvalue weighted by atomic mass is 9.87. The first-order valence-electron chi connectivity index (χ1n) is 8.83. The summed E-state index contributed by atoms with van der Waals surface area (Å²) < 4.78 is 0.